The molecule has 0 spiro atoms. The van der Waals surface area contributed by atoms with Crippen molar-refractivity contribution in [3.63, 3.8) is 0 Å². The zero-order chi connectivity index (χ0) is 10.9. The van der Waals surface area contributed by atoms with Crippen LogP contribution >= 0.6 is 11.6 Å². The Morgan fingerprint density at radius 3 is 2.36 bits per heavy atom. The Morgan fingerprint density at radius 2 is 1.93 bits per heavy atom. The summed E-state index contributed by atoms with van der Waals surface area (Å²) >= 11 is 6.19. The molecule has 0 saturated heterocycles. The predicted molar refractivity (Wildman–Crippen MR) is 60.0 cm³/mol. The van der Waals surface area contributed by atoms with Crippen LogP contribution in [-0.2, 0) is 5.54 Å². The Kier molecular flexibility index (Phi) is 3.07. The summed E-state index contributed by atoms with van der Waals surface area (Å²) < 4.78 is 5.22. The molecule has 1 aromatic rings. The lowest BCUT2D eigenvalue weighted by atomic mass is 9.94. The van der Waals surface area contributed by atoms with Crippen molar-refractivity contribution in [2.75, 3.05) is 7.11 Å². The van der Waals surface area contributed by atoms with Gasteiger partial charge in [-0.3, -0.25) is 0 Å². The Morgan fingerprint density at radius 1 is 1.36 bits per heavy atom. The summed E-state index contributed by atoms with van der Waals surface area (Å²) in [6.07, 6.45) is 0. The maximum atomic E-state index is 6.19. The van der Waals surface area contributed by atoms with Gasteiger partial charge in [0.1, 0.15) is 5.75 Å². The maximum absolute atomic E-state index is 6.19. The van der Waals surface area contributed by atoms with E-state index in [0.717, 1.165) is 11.1 Å². The minimum Gasteiger partial charge on any atom is -0.495 e. The molecular formula is C11H16ClNO. The largest absolute Gasteiger partial charge is 0.495 e. The molecule has 0 radical (unpaired) electrons. The number of ether oxygens (including phenoxy) is 1. The number of nitrogens with two attached hydrogens (primary N) is 1. The molecule has 2 N–H and O–H groups in total. The van der Waals surface area contributed by atoms with Crippen LogP contribution < -0.4 is 10.5 Å². The molecule has 0 bridgehead atoms. The Bertz CT molecular complexity index is 342. The molecule has 0 aliphatic heterocycles. The first-order valence-electron chi connectivity index (χ1n) is 4.50. The van der Waals surface area contributed by atoms with Crippen molar-refractivity contribution in [1.29, 1.82) is 0 Å². The van der Waals surface area contributed by atoms with E-state index in [1.54, 1.807) is 7.11 Å². The van der Waals surface area contributed by atoms with E-state index >= 15 is 0 Å². The third kappa shape index (κ3) is 2.02. The molecule has 78 valence electrons. The molecule has 0 aromatic heterocycles. The second kappa shape index (κ2) is 3.79. The van der Waals surface area contributed by atoms with Crippen molar-refractivity contribution in [1.82, 2.24) is 0 Å². The second-order valence-corrected chi connectivity index (χ2v) is 4.38. The Labute approximate surface area is 90.0 Å². The Hall–Kier alpha value is -0.730. The van der Waals surface area contributed by atoms with Crippen molar-refractivity contribution in [2.24, 2.45) is 5.73 Å². The van der Waals surface area contributed by atoms with Crippen LogP contribution in [-0.4, -0.2) is 7.11 Å². The molecule has 0 heterocycles. The van der Waals surface area contributed by atoms with E-state index in [1.807, 2.05) is 32.9 Å². The number of rotatable bonds is 2. The molecule has 0 aliphatic carbocycles. The van der Waals surface area contributed by atoms with Gasteiger partial charge in [0.15, 0.2) is 0 Å². The van der Waals surface area contributed by atoms with Crippen LogP contribution in [0.2, 0.25) is 5.02 Å². The van der Waals surface area contributed by atoms with Crippen LogP contribution in [0.1, 0.15) is 25.0 Å². The fraction of sp³-hybridized carbons (Fsp3) is 0.455. The zero-order valence-corrected chi connectivity index (χ0v) is 9.77. The summed E-state index contributed by atoms with van der Waals surface area (Å²) in [5.74, 6) is 0.711. The van der Waals surface area contributed by atoms with Crippen LogP contribution in [0.25, 0.3) is 0 Å². The highest BCUT2D eigenvalue weighted by atomic mass is 35.5. The minimum atomic E-state index is -0.446. The molecule has 0 fully saturated rings. The first-order chi connectivity index (χ1) is 6.38. The zero-order valence-electron chi connectivity index (χ0n) is 9.02. The summed E-state index contributed by atoms with van der Waals surface area (Å²) in [6, 6.07) is 3.91. The van der Waals surface area contributed by atoms with Crippen LogP contribution in [0, 0.1) is 6.92 Å². The summed E-state index contributed by atoms with van der Waals surface area (Å²) in [5, 5.41) is 0.611. The quantitative estimate of drug-likeness (QED) is 0.820. The summed E-state index contributed by atoms with van der Waals surface area (Å²) in [4.78, 5) is 0. The van der Waals surface area contributed by atoms with Gasteiger partial charge in [0.05, 0.1) is 12.1 Å². The van der Waals surface area contributed by atoms with Crippen molar-refractivity contribution in [3.8, 4) is 5.75 Å². The monoisotopic (exact) mass is 213 g/mol. The van der Waals surface area contributed by atoms with Crippen LogP contribution in [0.15, 0.2) is 12.1 Å². The molecular weight excluding hydrogens is 198 g/mol. The minimum absolute atomic E-state index is 0.446. The van der Waals surface area contributed by atoms with Crippen LogP contribution in [0.3, 0.4) is 0 Å². The number of halogens is 1. The lowest BCUT2D eigenvalue weighted by Gasteiger charge is -2.22. The van der Waals surface area contributed by atoms with Crippen molar-refractivity contribution < 1.29 is 4.74 Å². The standard InChI is InChI=1S/C11H16ClNO/c1-7-5-6-8(11(2,3)13)9(12)10(7)14-4/h5-6H,13H2,1-4H3. The molecule has 0 unspecified atom stereocenters. The lowest BCUT2D eigenvalue weighted by Crippen LogP contribution is -2.29. The second-order valence-electron chi connectivity index (χ2n) is 4.00. The van der Waals surface area contributed by atoms with Gasteiger partial charge in [-0.1, -0.05) is 23.7 Å². The smallest absolute Gasteiger partial charge is 0.140 e. The number of hydrogen-bond acceptors (Lipinski definition) is 2. The first-order valence-corrected chi connectivity index (χ1v) is 4.88. The van der Waals surface area contributed by atoms with Crippen LogP contribution in [0.5, 0.6) is 5.75 Å². The summed E-state index contributed by atoms with van der Waals surface area (Å²) in [7, 11) is 1.61. The topological polar surface area (TPSA) is 35.2 Å². The number of methoxy groups -OCH3 is 1. The van der Waals surface area contributed by atoms with Gasteiger partial charge < -0.3 is 10.5 Å². The van der Waals surface area contributed by atoms with Gasteiger partial charge in [0.25, 0.3) is 0 Å². The normalized spacial score (nSPS) is 11.6. The number of benzene rings is 1. The van der Waals surface area contributed by atoms with E-state index in [2.05, 4.69) is 0 Å². The third-order valence-electron chi connectivity index (χ3n) is 2.19. The predicted octanol–water partition coefficient (Wildman–Crippen LogP) is 2.85. The Balaban J connectivity index is 3.36. The molecule has 1 aromatic carbocycles. The van der Waals surface area contributed by atoms with E-state index in [-0.39, 0.29) is 0 Å². The van der Waals surface area contributed by atoms with E-state index < -0.39 is 5.54 Å². The van der Waals surface area contributed by atoms with Gasteiger partial charge in [0, 0.05) is 5.54 Å². The summed E-state index contributed by atoms with van der Waals surface area (Å²) in [5.41, 5.74) is 7.47. The van der Waals surface area contributed by atoms with Crippen molar-refractivity contribution >= 4 is 11.6 Å². The third-order valence-corrected chi connectivity index (χ3v) is 2.57. The molecule has 1 rings (SSSR count). The van der Waals surface area contributed by atoms with Gasteiger partial charge >= 0.3 is 0 Å². The molecule has 14 heavy (non-hydrogen) atoms. The van der Waals surface area contributed by atoms with Gasteiger partial charge in [-0.2, -0.15) is 0 Å². The molecule has 3 heteroatoms. The number of hydrogen-bond donors (Lipinski definition) is 1. The maximum Gasteiger partial charge on any atom is 0.140 e. The van der Waals surface area contributed by atoms with E-state index in [1.165, 1.54) is 0 Å². The van der Waals surface area contributed by atoms with E-state index in [9.17, 15) is 0 Å². The highest BCUT2D eigenvalue weighted by molar-refractivity contribution is 6.33. The van der Waals surface area contributed by atoms with Crippen molar-refractivity contribution in [3.05, 3.63) is 28.3 Å². The first kappa shape index (κ1) is 11.3. The van der Waals surface area contributed by atoms with Gasteiger partial charge in [-0.15, -0.1) is 0 Å². The molecule has 0 saturated carbocycles. The van der Waals surface area contributed by atoms with E-state index in [4.69, 9.17) is 22.1 Å². The number of aryl methyl sites for hydroxylation is 1. The molecule has 0 atom stereocenters. The lowest BCUT2D eigenvalue weighted by molar-refractivity contribution is 0.409. The van der Waals surface area contributed by atoms with Crippen LogP contribution in [0.4, 0.5) is 0 Å². The molecule has 2 nitrogen and oxygen atoms in total. The highest BCUT2D eigenvalue weighted by Gasteiger charge is 2.20. The molecule has 0 aliphatic rings. The van der Waals surface area contributed by atoms with Gasteiger partial charge in [-0.25, -0.2) is 0 Å². The van der Waals surface area contributed by atoms with Crippen molar-refractivity contribution in [2.45, 2.75) is 26.3 Å². The average Bonchev–Trinajstić information content (AvgIpc) is 2.02. The van der Waals surface area contributed by atoms with Gasteiger partial charge in [-0.05, 0) is 31.9 Å². The van der Waals surface area contributed by atoms with Gasteiger partial charge in [0.2, 0.25) is 0 Å². The van der Waals surface area contributed by atoms with E-state index in [0.29, 0.717) is 10.8 Å². The average molecular weight is 214 g/mol. The summed E-state index contributed by atoms with van der Waals surface area (Å²) in [6.45, 7) is 5.80. The fourth-order valence-electron chi connectivity index (χ4n) is 1.40. The highest BCUT2D eigenvalue weighted by Crippen LogP contribution is 2.35. The molecule has 0 amide bonds. The fourth-order valence-corrected chi connectivity index (χ4v) is 1.93. The SMILES string of the molecule is COc1c(C)ccc(C(C)(C)N)c1Cl.